The van der Waals surface area contributed by atoms with Crippen LogP contribution >= 0.6 is 11.3 Å². The second-order valence-electron chi connectivity index (χ2n) is 7.38. The van der Waals surface area contributed by atoms with Crippen molar-refractivity contribution in [3.63, 3.8) is 0 Å². The number of nitrogens with zero attached hydrogens (tertiary/aromatic N) is 2. The molecule has 3 aromatic rings. The number of hydrogen-bond acceptors (Lipinski definition) is 6. The van der Waals surface area contributed by atoms with Crippen molar-refractivity contribution in [2.75, 3.05) is 0 Å². The van der Waals surface area contributed by atoms with Gasteiger partial charge in [0.1, 0.15) is 22.2 Å². The molecule has 0 aliphatic carbocycles. The Bertz CT molecular complexity index is 908. The van der Waals surface area contributed by atoms with Crippen molar-refractivity contribution < 1.29 is 18.4 Å². The van der Waals surface area contributed by atoms with Crippen LogP contribution in [0.3, 0.4) is 0 Å². The Labute approximate surface area is 167 Å². The number of thiazole rings is 1. The van der Waals surface area contributed by atoms with Gasteiger partial charge >= 0.3 is 0 Å². The van der Waals surface area contributed by atoms with Crippen molar-refractivity contribution in [1.82, 2.24) is 15.2 Å². The van der Waals surface area contributed by atoms with Gasteiger partial charge in [0.15, 0.2) is 0 Å². The summed E-state index contributed by atoms with van der Waals surface area (Å²) in [6.07, 6.45) is 3.14. The number of carbonyl (C=O) groups is 2. The van der Waals surface area contributed by atoms with E-state index in [0.29, 0.717) is 41.9 Å². The predicted molar refractivity (Wildman–Crippen MR) is 104 cm³/mol. The summed E-state index contributed by atoms with van der Waals surface area (Å²) in [7, 11) is 0. The number of aromatic nitrogens is 1. The van der Waals surface area contributed by atoms with E-state index in [-0.39, 0.29) is 11.8 Å². The molecular formula is C20H23N3O4S. The van der Waals surface area contributed by atoms with Crippen molar-refractivity contribution in [2.24, 2.45) is 5.41 Å². The zero-order chi connectivity index (χ0) is 20.1. The smallest absolute Gasteiger partial charge is 0.271 e. The van der Waals surface area contributed by atoms with Crippen molar-refractivity contribution >= 4 is 23.2 Å². The third kappa shape index (κ3) is 5.10. The number of furan rings is 2. The molecule has 0 saturated heterocycles. The van der Waals surface area contributed by atoms with Crippen molar-refractivity contribution in [3.05, 3.63) is 64.4 Å². The van der Waals surface area contributed by atoms with Gasteiger partial charge in [-0.25, -0.2) is 4.98 Å². The maximum Gasteiger partial charge on any atom is 0.271 e. The number of hydrogen-bond donors (Lipinski definition) is 1. The van der Waals surface area contributed by atoms with E-state index in [4.69, 9.17) is 8.83 Å². The van der Waals surface area contributed by atoms with Gasteiger partial charge < -0.3 is 19.1 Å². The summed E-state index contributed by atoms with van der Waals surface area (Å²) in [4.78, 5) is 31.2. The molecule has 0 fully saturated rings. The first-order valence-corrected chi connectivity index (χ1v) is 9.77. The van der Waals surface area contributed by atoms with E-state index in [1.165, 1.54) is 11.3 Å². The van der Waals surface area contributed by atoms with E-state index in [2.05, 4.69) is 10.3 Å². The summed E-state index contributed by atoms with van der Waals surface area (Å²) in [5.74, 6) is 1.08. The van der Waals surface area contributed by atoms with E-state index in [0.717, 1.165) is 0 Å². The summed E-state index contributed by atoms with van der Waals surface area (Å²) in [5, 5.41) is 5.15. The lowest BCUT2D eigenvalue weighted by Gasteiger charge is -2.28. The van der Waals surface area contributed by atoms with Gasteiger partial charge in [-0.05, 0) is 24.3 Å². The minimum absolute atomic E-state index is 0.0112. The molecule has 0 aliphatic heterocycles. The molecule has 8 heteroatoms. The van der Waals surface area contributed by atoms with Gasteiger partial charge in [0, 0.05) is 10.8 Å². The highest BCUT2D eigenvalue weighted by atomic mass is 32.1. The Morgan fingerprint density at radius 2 is 1.79 bits per heavy atom. The predicted octanol–water partition coefficient (Wildman–Crippen LogP) is 3.83. The lowest BCUT2D eigenvalue weighted by atomic mass is 9.94. The third-order valence-electron chi connectivity index (χ3n) is 3.97. The molecule has 0 bridgehead atoms. The average molecular weight is 401 g/mol. The van der Waals surface area contributed by atoms with Crippen LogP contribution in [-0.4, -0.2) is 21.7 Å². The summed E-state index contributed by atoms with van der Waals surface area (Å²) < 4.78 is 10.6. The van der Waals surface area contributed by atoms with Crippen LogP contribution < -0.4 is 5.32 Å². The molecule has 3 rings (SSSR count). The fourth-order valence-corrected chi connectivity index (χ4v) is 3.38. The minimum atomic E-state index is -0.535. The van der Waals surface area contributed by atoms with Gasteiger partial charge in [-0.15, -0.1) is 11.3 Å². The molecule has 3 heterocycles. The Balaban J connectivity index is 1.67. The lowest BCUT2D eigenvalue weighted by Crippen LogP contribution is -2.38. The quantitative estimate of drug-likeness (QED) is 0.650. The standard InChI is InChI=1S/C20H23N3O4S/c1-20(2,3)19(25)23(11-15-7-5-9-27-15)12-17-22-16(13-28-17)18(24)21-10-14-6-4-8-26-14/h4-9,13H,10-12H2,1-3H3,(H,21,24). The van der Waals surface area contributed by atoms with Gasteiger partial charge in [-0.3, -0.25) is 9.59 Å². The van der Waals surface area contributed by atoms with E-state index in [9.17, 15) is 9.59 Å². The normalized spacial score (nSPS) is 11.4. The summed E-state index contributed by atoms with van der Waals surface area (Å²) in [5.41, 5.74) is -0.208. The van der Waals surface area contributed by atoms with Crippen molar-refractivity contribution in [1.29, 1.82) is 0 Å². The first-order valence-electron chi connectivity index (χ1n) is 8.89. The summed E-state index contributed by atoms with van der Waals surface area (Å²) in [6, 6.07) is 7.18. The van der Waals surface area contributed by atoms with E-state index in [1.807, 2.05) is 26.8 Å². The van der Waals surface area contributed by atoms with Crippen LogP contribution in [0.15, 0.2) is 51.0 Å². The number of carbonyl (C=O) groups excluding carboxylic acids is 2. The largest absolute Gasteiger partial charge is 0.467 e. The molecule has 3 aromatic heterocycles. The fourth-order valence-electron chi connectivity index (χ4n) is 2.59. The highest BCUT2D eigenvalue weighted by molar-refractivity contribution is 7.09. The average Bonchev–Trinajstić information content (AvgIpc) is 3.40. The Kier molecular flexibility index (Phi) is 5.99. The molecule has 0 saturated carbocycles. The molecule has 0 unspecified atom stereocenters. The number of nitrogens with one attached hydrogen (secondary N) is 1. The molecule has 0 atom stereocenters. The molecule has 148 valence electrons. The van der Waals surface area contributed by atoms with Gasteiger partial charge in [0.2, 0.25) is 5.91 Å². The Morgan fingerprint density at radius 1 is 1.11 bits per heavy atom. The number of amides is 2. The van der Waals surface area contributed by atoms with Crippen molar-refractivity contribution in [2.45, 2.75) is 40.4 Å². The third-order valence-corrected chi connectivity index (χ3v) is 4.80. The minimum Gasteiger partial charge on any atom is -0.467 e. The molecule has 0 aromatic carbocycles. The lowest BCUT2D eigenvalue weighted by molar-refractivity contribution is -0.141. The van der Waals surface area contributed by atoms with Gasteiger partial charge in [0.05, 0.1) is 32.2 Å². The van der Waals surface area contributed by atoms with Crippen molar-refractivity contribution in [3.8, 4) is 0 Å². The Morgan fingerprint density at radius 3 is 2.39 bits per heavy atom. The fraction of sp³-hybridized carbons (Fsp3) is 0.350. The molecule has 28 heavy (non-hydrogen) atoms. The molecule has 7 nitrogen and oxygen atoms in total. The molecule has 0 aliphatic rings. The van der Waals surface area contributed by atoms with Crippen LogP contribution in [-0.2, 0) is 24.4 Å². The molecule has 0 spiro atoms. The summed E-state index contributed by atoms with van der Waals surface area (Å²) >= 11 is 1.35. The summed E-state index contributed by atoms with van der Waals surface area (Å²) in [6.45, 7) is 6.58. The van der Waals surface area contributed by atoms with Crippen LogP contribution in [0.4, 0.5) is 0 Å². The van der Waals surface area contributed by atoms with Crippen LogP contribution in [0.1, 0.15) is 47.8 Å². The topological polar surface area (TPSA) is 88.6 Å². The van der Waals surface area contributed by atoms with Gasteiger partial charge in [-0.2, -0.15) is 0 Å². The van der Waals surface area contributed by atoms with Crippen LogP contribution in [0, 0.1) is 5.41 Å². The van der Waals surface area contributed by atoms with Gasteiger partial charge in [0.25, 0.3) is 5.91 Å². The maximum absolute atomic E-state index is 12.8. The highest BCUT2D eigenvalue weighted by Crippen LogP contribution is 2.22. The highest BCUT2D eigenvalue weighted by Gasteiger charge is 2.28. The van der Waals surface area contributed by atoms with E-state index in [1.54, 1.807) is 41.0 Å². The molecule has 2 amide bonds. The molecule has 1 N–H and O–H groups in total. The van der Waals surface area contributed by atoms with E-state index >= 15 is 0 Å². The van der Waals surface area contributed by atoms with Crippen LogP contribution in [0.2, 0.25) is 0 Å². The SMILES string of the molecule is CC(C)(C)C(=O)N(Cc1ccco1)Cc1nc(C(=O)NCc2ccco2)cs1. The number of rotatable bonds is 7. The first kappa shape index (κ1) is 19.9. The Hall–Kier alpha value is -2.87. The monoisotopic (exact) mass is 401 g/mol. The zero-order valence-electron chi connectivity index (χ0n) is 16.1. The van der Waals surface area contributed by atoms with E-state index < -0.39 is 5.41 Å². The second-order valence-corrected chi connectivity index (χ2v) is 8.32. The second kappa shape index (κ2) is 8.43. The van der Waals surface area contributed by atoms with Crippen LogP contribution in [0.5, 0.6) is 0 Å². The van der Waals surface area contributed by atoms with Crippen LogP contribution in [0.25, 0.3) is 0 Å². The first-order chi connectivity index (χ1) is 13.3. The molecule has 0 radical (unpaired) electrons. The maximum atomic E-state index is 12.8. The zero-order valence-corrected chi connectivity index (χ0v) is 16.9. The molecular weight excluding hydrogens is 378 g/mol. The van der Waals surface area contributed by atoms with Gasteiger partial charge in [-0.1, -0.05) is 20.8 Å².